The lowest BCUT2D eigenvalue weighted by Crippen LogP contribution is -2.13. The Morgan fingerprint density at radius 2 is 1.70 bits per heavy atom. The lowest BCUT2D eigenvalue weighted by Gasteiger charge is -2.10. The Hall–Kier alpha value is -3.49. The molecule has 0 spiro atoms. The first-order valence-corrected chi connectivity index (χ1v) is 6.31. The number of carbonyl (C=O) groups excluding carboxylic acids is 1. The van der Waals surface area contributed by atoms with Crippen LogP contribution >= 0.6 is 0 Å². The number of nitro groups is 2. The minimum Gasteiger partial charge on any atom is -0.489 e. The molecule has 0 heterocycles. The molecule has 23 heavy (non-hydrogen) atoms. The Labute approximate surface area is 129 Å². The third-order valence-electron chi connectivity index (χ3n) is 2.98. The van der Waals surface area contributed by atoms with Gasteiger partial charge in [0.2, 0.25) is 5.75 Å². The number of nitrogens with one attached hydrogen (secondary N) is 1. The summed E-state index contributed by atoms with van der Waals surface area (Å²) in [6.07, 6.45) is 0. The highest BCUT2D eigenvalue weighted by Gasteiger charge is 2.20. The van der Waals surface area contributed by atoms with E-state index in [0.717, 1.165) is 0 Å². The number of benzene rings is 2. The van der Waals surface area contributed by atoms with Crippen LogP contribution in [0.1, 0.15) is 10.4 Å². The van der Waals surface area contributed by atoms with E-state index >= 15 is 0 Å². The van der Waals surface area contributed by atoms with E-state index in [4.69, 9.17) is 4.74 Å². The van der Waals surface area contributed by atoms with Gasteiger partial charge in [-0.25, -0.2) is 0 Å². The molecule has 0 aliphatic heterocycles. The van der Waals surface area contributed by atoms with E-state index < -0.39 is 15.8 Å². The number of rotatable bonds is 5. The molecule has 9 heteroatoms. The van der Waals surface area contributed by atoms with Crippen LogP contribution in [0.2, 0.25) is 0 Å². The second kappa shape index (κ2) is 6.52. The highest BCUT2D eigenvalue weighted by molar-refractivity contribution is 6.05. The van der Waals surface area contributed by atoms with Crippen LogP contribution in [0.3, 0.4) is 0 Å². The van der Waals surface area contributed by atoms with Crippen LogP contribution in [0.4, 0.5) is 17.1 Å². The summed E-state index contributed by atoms with van der Waals surface area (Å²) in [5, 5.41) is 24.0. The zero-order valence-electron chi connectivity index (χ0n) is 11.9. The maximum atomic E-state index is 12.1. The van der Waals surface area contributed by atoms with Crippen LogP contribution in [-0.4, -0.2) is 22.9 Å². The molecule has 1 amide bonds. The summed E-state index contributed by atoms with van der Waals surface area (Å²) in [6.45, 7) is 0. The number of hydrogen-bond donors (Lipinski definition) is 1. The predicted molar refractivity (Wildman–Crippen MR) is 80.7 cm³/mol. The molecule has 0 radical (unpaired) electrons. The van der Waals surface area contributed by atoms with E-state index in [2.05, 4.69) is 5.32 Å². The number of anilines is 1. The van der Waals surface area contributed by atoms with Crippen LogP contribution in [-0.2, 0) is 0 Å². The topological polar surface area (TPSA) is 125 Å². The molecule has 2 rings (SSSR count). The second-order valence-electron chi connectivity index (χ2n) is 4.37. The van der Waals surface area contributed by atoms with Gasteiger partial charge in [0, 0.05) is 23.8 Å². The minimum atomic E-state index is -0.625. The predicted octanol–water partition coefficient (Wildman–Crippen LogP) is 2.76. The summed E-state index contributed by atoms with van der Waals surface area (Å²) in [4.78, 5) is 32.5. The van der Waals surface area contributed by atoms with E-state index in [1.54, 1.807) is 0 Å². The van der Waals surface area contributed by atoms with Gasteiger partial charge in [0.1, 0.15) is 0 Å². The standard InChI is InChI=1S/C14H11N3O6/c1-23-13-11(3-2-4-12(13)17(21)22)15-14(18)9-5-7-10(8-6-9)16(19)20/h2-8H,1H3,(H,15,18). The van der Waals surface area contributed by atoms with Gasteiger partial charge in [-0.3, -0.25) is 25.0 Å². The number of amides is 1. The van der Waals surface area contributed by atoms with Crippen molar-refractivity contribution in [2.75, 3.05) is 12.4 Å². The summed E-state index contributed by atoms with van der Waals surface area (Å²) in [5.74, 6) is -0.647. The Bertz CT molecular complexity index is 773. The van der Waals surface area contributed by atoms with E-state index in [0.29, 0.717) is 0 Å². The molecule has 0 saturated heterocycles. The van der Waals surface area contributed by atoms with Gasteiger partial charge in [-0.05, 0) is 18.2 Å². The highest BCUT2D eigenvalue weighted by Crippen LogP contribution is 2.34. The average molecular weight is 317 g/mol. The maximum absolute atomic E-state index is 12.1. The van der Waals surface area contributed by atoms with Gasteiger partial charge in [-0.15, -0.1) is 0 Å². The van der Waals surface area contributed by atoms with Gasteiger partial charge in [0.05, 0.1) is 22.6 Å². The summed E-state index contributed by atoms with van der Waals surface area (Å²) in [5.41, 5.74) is -0.127. The van der Waals surface area contributed by atoms with Crippen molar-refractivity contribution in [3.8, 4) is 5.75 Å². The number of hydrogen-bond acceptors (Lipinski definition) is 6. The van der Waals surface area contributed by atoms with Crippen molar-refractivity contribution >= 4 is 23.0 Å². The van der Waals surface area contributed by atoms with Gasteiger partial charge in [-0.1, -0.05) is 6.07 Å². The Morgan fingerprint density at radius 1 is 1.04 bits per heavy atom. The van der Waals surface area contributed by atoms with E-state index in [1.807, 2.05) is 0 Å². The molecule has 0 bridgehead atoms. The number of para-hydroxylation sites is 1. The van der Waals surface area contributed by atoms with E-state index in [9.17, 15) is 25.0 Å². The lowest BCUT2D eigenvalue weighted by molar-refractivity contribution is -0.385. The quantitative estimate of drug-likeness (QED) is 0.667. The second-order valence-corrected chi connectivity index (χ2v) is 4.37. The van der Waals surface area contributed by atoms with Crippen molar-refractivity contribution in [1.29, 1.82) is 0 Å². The number of nitro benzene ring substituents is 2. The highest BCUT2D eigenvalue weighted by atomic mass is 16.6. The first-order chi connectivity index (χ1) is 10.9. The van der Waals surface area contributed by atoms with Gasteiger partial charge in [-0.2, -0.15) is 0 Å². The molecular weight excluding hydrogens is 306 g/mol. The fourth-order valence-electron chi connectivity index (χ4n) is 1.91. The molecule has 1 N–H and O–H groups in total. The zero-order valence-corrected chi connectivity index (χ0v) is 11.9. The number of non-ortho nitro benzene ring substituents is 1. The molecule has 0 aromatic heterocycles. The van der Waals surface area contributed by atoms with Crippen LogP contribution in [0, 0.1) is 20.2 Å². The minimum absolute atomic E-state index is 0.0761. The van der Waals surface area contributed by atoms with E-state index in [-0.39, 0.29) is 28.4 Å². The first-order valence-electron chi connectivity index (χ1n) is 6.31. The Kier molecular flexibility index (Phi) is 4.50. The fraction of sp³-hybridized carbons (Fsp3) is 0.0714. The molecule has 2 aromatic rings. The number of ether oxygens (including phenoxy) is 1. The molecule has 0 atom stereocenters. The summed E-state index contributed by atoms with van der Waals surface area (Å²) in [7, 11) is 1.25. The third-order valence-corrected chi connectivity index (χ3v) is 2.98. The first kappa shape index (κ1) is 15.9. The van der Waals surface area contributed by atoms with Gasteiger partial charge < -0.3 is 10.1 Å². The summed E-state index contributed by atoms with van der Waals surface area (Å²) < 4.78 is 4.98. The average Bonchev–Trinajstić information content (AvgIpc) is 2.54. The molecule has 0 aliphatic rings. The Morgan fingerprint density at radius 3 is 2.22 bits per heavy atom. The van der Waals surface area contributed by atoms with Crippen molar-refractivity contribution in [2.45, 2.75) is 0 Å². The largest absolute Gasteiger partial charge is 0.489 e. The zero-order chi connectivity index (χ0) is 17.0. The maximum Gasteiger partial charge on any atom is 0.313 e. The van der Waals surface area contributed by atoms with Crippen molar-refractivity contribution in [2.24, 2.45) is 0 Å². The number of methoxy groups -OCH3 is 1. The monoisotopic (exact) mass is 317 g/mol. The van der Waals surface area contributed by atoms with Crippen molar-refractivity contribution < 1.29 is 19.4 Å². The summed E-state index contributed by atoms with van der Waals surface area (Å²) in [6, 6.07) is 9.08. The lowest BCUT2D eigenvalue weighted by atomic mass is 10.2. The Balaban J connectivity index is 2.28. The van der Waals surface area contributed by atoms with E-state index in [1.165, 1.54) is 49.6 Å². The molecule has 0 saturated carbocycles. The van der Waals surface area contributed by atoms with Crippen LogP contribution in [0.5, 0.6) is 5.75 Å². The molecule has 0 unspecified atom stereocenters. The van der Waals surface area contributed by atoms with Crippen molar-refractivity contribution in [1.82, 2.24) is 0 Å². The molecule has 2 aromatic carbocycles. The van der Waals surface area contributed by atoms with Gasteiger partial charge in [0.25, 0.3) is 11.6 Å². The molecule has 0 fully saturated rings. The molecule has 9 nitrogen and oxygen atoms in total. The molecule has 118 valence electrons. The van der Waals surface area contributed by atoms with Crippen molar-refractivity contribution in [3.63, 3.8) is 0 Å². The van der Waals surface area contributed by atoms with Crippen LogP contribution < -0.4 is 10.1 Å². The normalized spacial score (nSPS) is 9.96. The smallest absolute Gasteiger partial charge is 0.313 e. The summed E-state index contributed by atoms with van der Waals surface area (Å²) >= 11 is 0. The fourth-order valence-corrected chi connectivity index (χ4v) is 1.91. The molecule has 0 aliphatic carbocycles. The number of carbonyl (C=O) groups is 1. The van der Waals surface area contributed by atoms with Crippen LogP contribution in [0.25, 0.3) is 0 Å². The third kappa shape index (κ3) is 3.40. The van der Waals surface area contributed by atoms with Crippen molar-refractivity contribution in [3.05, 3.63) is 68.3 Å². The SMILES string of the molecule is COc1c(NC(=O)c2ccc([N+](=O)[O-])cc2)cccc1[N+](=O)[O-]. The molecular formula is C14H11N3O6. The number of nitrogens with zero attached hydrogens (tertiary/aromatic N) is 2. The van der Waals surface area contributed by atoms with Gasteiger partial charge in [0.15, 0.2) is 0 Å². The van der Waals surface area contributed by atoms with Gasteiger partial charge >= 0.3 is 5.69 Å². The van der Waals surface area contributed by atoms with Crippen LogP contribution in [0.15, 0.2) is 42.5 Å².